The molecule has 12 heteroatoms. The lowest BCUT2D eigenvalue weighted by atomic mass is 9.91. The van der Waals surface area contributed by atoms with Crippen LogP contribution in [-0.4, -0.2) is 47.8 Å². The van der Waals surface area contributed by atoms with Crippen molar-refractivity contribution in [1.82, 2.24) is 9.13 Å². The van der Waals surface area contributed by atoms with Gasteiger partial charge in [0.15, 0.2) is 5.78 Å². The third-order valence-electron chi connectivity index (χ3n) is 14.1. The largest absolute Gasteiger partial charge is 0.424 e. The van der Waals surface area contributed by atoms with Crippen LogP contribution in [0.15, 0.2) is 159 Å². The van der Waals surface area contributed by atoms with Crippen LogP contribution in [0.3, 0.4) is 0 Å². The summed E-state index contributed by atoms with van der Waals surface area (Å²) in [5.41, 5.74) is -0.0358. The standard InChI is InChI=1S/C55H63BrN2O6SSi2/c1-9-40-25-22-23-34-45(40)46(64-36-24-35-53(3,4)66(62,41-26-14-10-15-27-41)42-28-16-11-17-29-42)38-57-51-48(39(2)49(56)65-51)50(60)58(52(57)61)55(7,8)47(59)37-54(5,6)67(63,43-30-18-12-19-31-43)44-32-20-13-21-33-44/h10-23,25-34,46,62-63H,9,24,35-38H2,1-8H3. The van der Waals surface area contributed by atoms with Gasteiger partial charge in [-0.15, -0.1) is 11.3 Å². The maximum Gasteiger partial charge on any atom is 0.333 e. The first-order valence-corrected chi connectivity index (χ1v) is 28.7. The van der Waals surface area contributed by atoms with E-state index in [1.165, 1.54) is 11.3 Å². The molecule has 67 heavy (non-hydrogen) atoms. The monoisotopic (exact) mass is 1010 g/mol. The number of hydrogen-bond acceptors (Lipinski definition) is 7. The van der Waals surface area contributed by atoms with Crippen molar-refractivity contribution in [2.24, 2.45) is 0 Å². The molecule has 8 nitrogen and oxygen atoms in total. The molecule has 5 aromatic carbocycles. The molecule has 2 aromatic heterocycles. The Morgan fingerprint density at radius 3 is 1.63 bits per heavy atom. The lowest BCUT2D eigenvalue weighted by Crippen LogP contribution is -2.66. The van der Waals surface area contributed by atoms with Crippen LogP contribution in [0, 0.1) is 6.92 Å². The Bertz CT molecular complexity index is 2870. The van der Waals surface area contributed by atoms with E-state index in [0.29, 0.717) is 35.2 Å². The van der Waals surface area contributed by atoms with Gasteiger partial charge < -0.3 is 14.3 Å². The van der Waals surface area contributed by atoms with Crippen molar-refractivity contribution in [3.63, 3.8) is 0 Å². The molecule has 0 saturated carbocycles. The molecule has 7 rings (SSSR count). The first kappa shape index (κ1) is 50.1. The lowest BCUT2D eigenvalue weighted by molar-refractivity contribution is -0.127. The van der Waals surface area contributed by atoms with Gasteiger partial charge in [-0.2, -0.15) is 0 Å². The third kappa shape index (κ3) is 9.38. The molecule has 0 aliphatic carbocycles. The summed E-state index contributed by atoms with van der Waals surface area (Å²) in [7, 11) is -6.89. The Hall–Kier alpha value is -4.80. The van der Waals surface area contributed by atoms with Crippen LogP contribution in [0.1, 0.15) is 90.5 Å². The molecule has 0 radical (unpaired) electrons. The van der Waals surface area contributed by atoms with E-state index in [1.54, 1.807) is 18.4 Å². The van der Waals surface area contributed by atoms with Crippen LogP contribution >= 0.6 is 27.3 Å². The highest BCUT2D eigenvalue weighted by molar-refractivity contribution is 9.11. The highest BCUT2D eigenvalue weighted by Crippen LogP contribution is 2.42. The van der Waals surface area contributed by atoms with Crippen molar-refractivity contribution in [2.75, 3.05) is 6.61 Å². The van der Waals surface area contributed by atoms with Gasteiger partial charge in [-0.25, -0.2) is 9.36 Å². The summed E-state index contributed by atoms with van der Waals surface area (Å²) in [5.74, 6) is -0.339. The Morgan fingerprint density at radius 2 is 1.15 bits per heavy atom. The number of benzene rings is 5. The van der Waals surface area contributed by atoms with Crippen molar-refractivity contribution < 1.29 is 19.1 Å². The fourth-order valence-electron chi connectivity index (χ4n) is 9.95. The molecule has 1 unspecified atom stereocenters. The Balaban J connectivity index is 1.25. The summed E-state index contributed by atoms with van der Waals surface area (Å²) in [5, 5.41) is 2.36. The zero-order valence-electron chi connectivity index (χ0n) is 39.9. The summed E-state index contributed by atoms with van der Waals surface area (Å²) in [6, 6.07) is 47.1. The molecule has 2 N–H and O–H groups in total. The number of ketones is 1. The van der Waals surface area contributed by atoms with Crippen LogP contribution in [0.2, 0.25) is 10.1 Å². The predicted octanol–water partition coefficient (Wildman–Crippen LogP) is 9.16. The molecule has 350 valence electrons. The van der Waals surface area contributed by atoms with Crippen molar-refractivity contribution in [1.29, 1.82) is 0 Å². The highest BCUT2D eigenvalue weighted by Gasteiger charge is 2.53. The van der Waals surface area contributed by atoms with Crippen LogP contribution in [0.5, 0.6) is 0 Å². The van der Waals surface area contributed by atoms with E-state index in [2.05, 4.69) is 42.8 Å². The van der Waals surface area contributed by atoms with Crippen LogP contribution in [0.4, 0.5) is 0 Å². The van der Waals surface area contributed by atoms with Gasteiger partial charge in [0, 0.05) is 13.0 Å². The summed E-state index contributed by atoms with van der Waals surface area (Å²) in [6.07, 6.45) is 1.36. The van der Waals surface area contributed by atoms with Crippen molar-refractivity contribution in [3.05, 3.63) is 187 Å². The van der Waals surface area contributed by atoms with Crippen molar-refractivity contribution in [3.8, 4) is 0 Å². The molecule has 0 saturated heterocycles. The number of thiophene rings is 1. The number of aryl methyl sites for hydroxylation is 2. The average Bonchev–Trinajstić information content (AvgIpc) is 3.63. The number of Topliss-reactive ketones (excluding diaryl/α,β-unsaturated/α-hetero) is 1. The van der Waals surface area contributed by atoms with Crippen LogP contribution in [-0.2, 0) is 28.0 Å². The highest BCUT2D eigenvalue weighted by atomic mass is 79.9. The fraction of sp³-hybridized carbons (Fsp3) is 0.327. The van der Waals surface area contributed by atoms with Crippen molar-refractivity contribution in [2.45, 2.75) is 109 Å². The van der Waals surface area contributed by atoms with E-state index >= 15 is 9.59 Å². The van der Waals surface area contributed by atoms with Gasteiger partial charge in [-0.1, -0.05) is 180 Å². The molecule has 0 fully saturated rings. The molecule has 0 spiro atoms. The van der Waals surface area contributed by atoms with E-state index in [1.807, 2.05) is 160 Å². The SMILES string of the molecule is CCc1ccccc1C(Cn1c(=O)n(C(C)(C)C(=O)CC(C)(C)[Si](O)(c2ccccc2)c2ccccc2)c(=O)c2c(C)c(Br)sc21)OCCCC(C)(C)[Si](O)(c1ccccc1)c1ccccc1. The van der Waals surface area contributed by atoms with E-state index < -0.39 is 49.6 Å². The minimum absolute atomic E-state index is 0.0829. The van der Waals surface area contributed by atoms with Gasteiger partial charge in [0.1, 0.15) is 16.5 Å². The number of carbonyl (C=O) groups excluding carboxylic acids is 1. The molecule has 2 heterocycles. The number of hydrogen-bond donors (Lipinski definition) is 2. The minimum Gasteiger partial charge on any atom is -0.424 e. The van der Waals surface area contributed by atoms with Gasteiger partial charge in [-0.3, -0.25) is 14.2 Å². The smallest absolute Gasteiger partial charge is 0.333 e. The Morgan fingerprint density at radius 1 is 0.701 bits per heavy atom. The first-order chi connectivity index (χ1) is 31.8. The molecular weight excluding hydrogens is 953 g/mol. The van der Waals surface area contributed by atoms with E-state index in [9.17, 15) is 14.4 Å². The van der Waals surface area contributed by atoms with Gasteiger partial charge >= 0.3 is 5.69 Å². The number of carbonyl (C=O) groups is 1. The summed E-state index contributed by atoms with van der Waals surface area (Å²) < 4.78 is 10.4. The maximum atomic E-state index is 15.3. The lowest BCUT2D eigenvalue weighted by Gasteiger charge is -2.42. The molecule has 0 amide bonds. The number of fused-ring (bicyclic) bond motifs is 1. The topological polar surface area (TPSA) is 111 Å². The van der Waals surface area contributed by atoms with Crippen LogP contribution < -0.4 is 32.0 Å². The van der Waals surface area contributed by atoms with Gasteiger partial charge in [0.2, 0.25) is 0 Å². The maximum absolute atomic E-state index is 15.3. The number of rotatable bonds is 19. The summed E-state index contributed by atoms with van der Waals surface area (Å²) >= 11 is 5.00. The molecule has 1 atom stereocenters. The molecule has 0 bridgehead atoms. The molecule has 7 aromatic rings. The minimum atomic E-state index is -3.63. The Kier molecular flexibility index (Phi) is 15.0. The van der Waals surface area contributed by atoms with E-state index in [4.69, 9.17) is 4.74 Å². The fourth-order valence-corrected chi connectivity index (χ4v) is 19.1. The molecule has 0 aliphatic heterocycles. The zero-order valence-corrected chi connectivity index (χ0v) is 44.3. The number of halogens is 1. The number of ether oxygens (including phenoxy) is 1. The second kappa shape index (κ2) is 20.0. The molecule has 0 aliphatic rings. The average molecular weight is 1020 g/mol. The number of aromatic nitrogens is 2. The van der Waals surface area contributed by atoms with E-state index in [-0.39, 0.29) is 18.7 Å². The van der Waals surface area contributed by atoms with Gasteiger partial charge in [0.25, 0.3) is 22.2 Å². The number of nitrogens with zero attached hydrogens (tertiary/aromatic N) is 2. The second-order valence-electron chi connectivity index (χ2n) is 19.5. The van der Waals surface area contributed by atoms with E-state index in [0.717, 1.165) is 46.6 Å². The summed E-state index contributed by atoms with van der Waals surface area (Å²) in [6.45, 7) is 15.8. The third-order valence-corrected chi connectivity index (χ3v) is 25.3. The first-order valence-electron chi connectivity index (χ1n) is 23.2. The summed E-state index contributed by atoms with van der Waals surface area (Å²) in [4.78, 5) is 71.4. The quantitative estimate of drug-likeness (QED) is 0.0618. The predicted molar refractivity (Wildman–Crippen MR) is 284 cm³/mol. The molecular formula is C55H63BrN2O6SSi2. The second-order valence-corrected chi connectivity index (χ2v) is 29.7. The zero-order chi connectivity index (χ0) is 48.4. The van der Waals surface area contributed by atoms with Gasteiger partial charge in [0.05, 0.1) is 15.7 Å². The van der Waals surface area contributed by atoms with Gasteiger partial charge in [-0.05, 0) is 103 Å². The Labute approximate surface area is 409 Å². The van der Waals surface area contributed by atoms with Crippen molar-refractivity contribution >= 4 is 80.6 Å². The van der Waals surface area contributed by atoms with Crippen LogP contribution in [0.25, 0.3) is 10.2 Å². The normalized spacial score (nSPS) is 13.2.